The molecule has 0 aliphatic heterocycles. The molecule has 0 saturated carbocycles. The summed E-state index contributed by atoms with van der Waals surface area (Å²) in [6, 6.07) is 0. The van der Waals surface area contributed by atoms with Gasteiger partial charge in [0.25, 0.3) is 0 Å². The van der Waals surface area contributed by atoms with E-state index in [-0.39, 0.29) is 11.8 Å². The van der Waals surface area contributed by atoms with Crippen LogP contribution in [0.25, 0.3) is 0 Å². The van der Waals surface area contributed by atoms with Crippen molar-refractivity contribution in [3.63, 3.8) is 0 Å². The van der Waals surface area contributed by atoms with Gasteiger partial charge in [-0.1, -0.05) is 6.92 Å². The molecule has 60 valence electrons. The van der Waals surface area contributed by atoms with E-state index in [1.807, 2.05) is 6.92 Å². The van der Waals surface area contributed by atoms with E-state index in [1.54, 1.807) is 6.92 Å². The molecule has 0 aromatic heterocycles. The Kier molecular flexibility index (Phi) is 9.67. The van der Waals surface area contributed by atoms with E-state index in [0.717, 1.165) is 0 Å². The summed E-state index contributed by atoms with van der Waals surface area (Å²) in [5.41, 5.74) is 0. The lowest BCUT2D eigenvalue weighted by molar-refractivity contribution is -0.137. The van der Waals surface area contributed by atoms with Crippen LogP contribution >= 0.6 is 0 Å². The molecule has 0 aromatic carbocycles. The minimum absolute atomic E-state index is 0.245. The lowest BCUT2D eigenvalue weighted by Gasteiger charge is -1.80. The molecular formula is C7H14O3. The first-order valence-corrected chi connectivity index (χ1v) is 3.08. The zero-order valence-electron chi connectivity index (χ0n) is 6.93. The summed E-state index contributed by atoms with van der Waals surface area (Å²) in [4.78, 5) is 19.4. The quantitative estimate of drug-likeness (QED) is 0.521. The molecule has 0 heterocycles. The van der Waals surface area contributed by atoms with Crippen LogP contribution in [0.4, 0.5) is 0 Å². The van der Waals surface area contributed by atoms with Gasteiger partial charge in [0.2, 0.25) is 0 Å². The van der Waals surface area contributed by atoms with Crippen molar-refractivity contribution in [2.24, 2.45) is 0 Å². The third kappa shape index (κ3) is 27.3. The Labute approximate surface area is 61.4 Å². The number of rotatable bonds is 1. The van der Waals surface area contributed by atoms with Gasteiger partial charge in [0, 0.05) is 13.3 Å². The van der Waals surface area contributed by atoms with Crippen molar-refractivity contribution in [3.8, 4) is 0 Å². The van der Waals surface area contributed by atoms with Crippen molar-refractivity contribution in [1.29, 1.82) is 0 Å². The Balaban J connectivity index is 0. The van der Waals surface area contributed by atoms with Crippen LogP contribution in [0, 0.1) is 0 Å². The molecule has 0 amide bonds. The van der Waals surface area contributed by atoms with Crippen molar-refractivity contribution in [1.82, 2.24) is 0 Å². The molecule has 3 heteroatoms. The van der Waals surface area contributed by atoms with Crippen LogP contribution in [0.1, 0.15) is 27.2 Å². The van der Waals surface area contributed by atoms with Crippen molar-refractivity contribution >= 4 is 11.8 Å². The fourth-order valence-corrected chi connectivity index (χ4v) is 0. The van der Waals surface area contributed by atoms with Crippen molar-refractivity contribution in [2.45, 2.75) is 27.2 Å². The highest BCUT2D eigenvalue weighted by Gasteiger charge is 1.77. The van der Waals surface area contributed by atoms with Gasteiger partial charge in [-0.05, 0) is 6.92 Å². The summed E-state index contributed by atoms with van der Waals surface area (Å²) in [6.45, 7) is 4.79. The van der Waals surface area contributed by atoms with Crippen LogP contribution in [-0.2, 0) is 14.3 Å². The second-order valence-electron chi connectivity index (χ2n) is 1.75. The van der Waals surface area contributed by atoms with E-state index in [9.17, 15) is 9.59 Å². The third-order valence-electron chi connectivity index (χ3n) is 0.785. The summed E-state index contributed by atoms with van der Waals surface area (Å²) < 4.78 is 4.11. The van der Waals surface area contributed by atoms with Gasteiger partial charge in [-0.15, -0.1) is 0 Å². The zero-order valence-corrected chi connectivity index (χ0v) is 6.93. The Hall–Kier alpha value is -0.860. The topological polar surface area (TPSA) is 43.4 Å². The molecule has 0 aliphatic rings. The molecule has 0 aliphatic carbocycles. The minimum atomic E-state index is -0.245. The molecule has 0 atom stereocenters. The first-order chi connectivity index (χ1) is 4.54. The van der Waals surface area contributed by atoms with E-state index in [4.69, 9.17) is 0 Å². The number of hydrogen-bond donors (Lipinski definition) is 0. The molecule has 0 saturated heterocycles. The Morgan fingerprint density at radius 1 is 1.30 bits per heavy atom. The van der Waals surface area contributed by atoms with Crippen LogP contribution < -0.4 is 0 Å². The van der Waals surface area contributed by atoms with Gasteiger partial charge in [0.1, 0.15) is 5.78 Å². The number of ether oxygens (including phenoxy) is 1. The van der Waals surface area contributed by atoms with E-state index in [2.05, 4.69) is 4.74 Å². The Morgan fingerprint density at radius 3 is 1.50 bits per heavy atom. The Bertz CT molecular complexity index is 93.4. The highest BCUT2D eigenvalue weighted by molar-refractivity contribution is 5.74. The van der Waals surface area contributed by atoms with E-state index in [0.29, 0.717) is 6.42 Å². The summed E-state index contributed by atoms with van der Waals surface area (Å²) in [6.07, 6.45) is 0.667. The highest BCUT2D eigenvalue weighted by atomic mass is 16.5. The van der Waals surface area contributed by atoms with Crippen LogP contribution in [0.2, 0.25) is 0 Å². The first-order valence-electron chi connectivity index (χ1n) is 3.08. The highest BCUT2D eigenvalue weighted by Crippen LogP contribution is 1.71. The fraction of sp³-hybridized carbons (Fsp3) is 0.714. The molecule has 0 aromatic rings. The van der Waals surface area contributed by atoms with Gasteiger partial charge < -0.3 is 9.53 Å². The van der Waals surface area contributed by atoms with Gasteiger partial charge in [-0.2, -0.15) is 0 Å². The van der Waals surface area contributed by atoms with E-state index in [1.165, 1.54) is 14.0 Å². The fourth-order valence-electron chi connectivity index (χ4n) is 0. The average molecular weight is 146 g/mol. The van der Waals surface area contributed by atoms with Crippen molar-refractivity contribution in [2.75, 3.05) is 7.11 Å². The lowest BCUT2D eigenvalue weighted by Crippen LogP contribution is -1.88. The number of esters is 1. The van der Waals surface area contributed by atoms with Crippen molar-refractivity contribution < 1.29 is 14.3 Å². The molecule has 0 radical (unpaired) electrons. The maximum atomic E-state index is 9.81. The summed E-state index contributed by atoms with van der Waals surface area (Å²) in [7, 11) is 1.35. The number of Topliss-reactive ketones (excluding diaryl/α,β-unsaturated/α-hetero) is 1. The normalized spacial score (nSPS) is 7.20. The summed E-state index contributed by atoms with van der Waals surface area (Å²) in [5, 5.41) is 0. The average Bonchev–Trinajstić information content (AvgIpc) is 1.89. The smallest absolute Gasteiger partial charge is 0.302 e. The summed E-state index contributed by atoms with van der Waals surface area (Å²) in [5.74, 6) is 0.00926. The number of hydrogen-bond acceptors (Lipinski definition) is 3. The molecule has 0 unspecified atom stereocenters. The maximum Gasteiger partial charge on any atom is 0.302 e. The van der Waals surface area contributed by atoms with Crippen molar-refractivity contribution in [3.05, 3.63) is 0 Å². The molecule has 0 N–H and O–H groups in total. The van der Waals surface area contributed by atoms with Crippen LogP contribution in [0.5, 0.6) is 0 Å². The van der Waals surface area contributed by atoms with Gasteiger partial charge >= 0.3 is 5.97 Å². The number of ketones is 1. The molecule has 0 fully saturated rings. The third-order valence-corrected chi connectivity index (χ3v) is 0.785. The van der Waals surface area contributed by atoms with E-state index < -0.39 is 0 Å². The molecule has 0 bridgehead atoms. The standard InChI is InChI=1S/C4H8O.C3H6O2/c1-3-4(2)5;1-3(4)5-2/h3H2,1-2H3;1-2H3. The maximum absolute atomic E-state index is 9.81. The van der Waals surface area contributed by atoms with Gasteiger partial charge in [-0.25, -0.2) is 0 Å². The predicted octanol–water partition coefficient (Wildman–Crippen LogP) is 1.16. The van der Waals surface area contributed by atoms with Gasteiger partial charge in [0.15, 0.2) is 0 Å². The predicted molar refractivity (Wildman–Crippen MR) is 38.7 cm³/mol. The molecule has 0 rings (SSSR count). The van der Waals surface area contributed by atoms with Gasteiger partial charge in [0.05, 0.1) is 7.11 Å². The first kappa shape index (κ1) is 11.9. The van der Waals surface area contributed by atoms with Crippen LogP contribution in [0.3, 0.4) is 0 Å². The van der Waals surface area contributed by atoms with E-state index >= 15 is 0 Å². The second-order valence-corrected chi connectivity index (χ2v) is 1.75. The largest absolute Gasteiger partial charge is 0.469 e. The summed E-state index contributed by atoms with van der Waals surface area (Å²) >= 11 is 0. The zero-order chi connectivity index (χ0) is 8.57. The number of carbonyl (C=O) groups excluding carboxylic acids is 2. The van der Waals surface area contributed by atoms with Crippen LogP contribution in [-0.4, -0.2) is 18.9 Å². The SMILES string of the molecule is CCC(C)=O.COC(C)=O. The second kappa shape index (κ2) is 8.14. The monoisotopic (exact) mass is 146 g/mol. The van der Waals surface area contributed by atoms with Crippen LogP contribution in [0.15, 0.2) is 0 Å². The molecule has 0 spiro atoms. The molecule has 3 nitrogen and oxygen atoms in total. The van der Waals surface area contributed by atoms with Gasteiger partial charge in [-0.3, -0.25) is 4.79 Å². The minimum Gasteiger partial charge on any atom is -0.469 e. The number of methoxy groups -OCH3 is 1. The Morgan fingerprint density at radius 2 is 1.50 bits per heavy atom. The molecular weight excluding hydrogens is 132 g/mol. The lowest BCUT2D eigenvalue weighted by atomic mass is 10.4. The molecule has 10 heavy (non-hydrogen) atoms. The number of carbonyl (C=O) groups is 2.